The SMILES string of the molecule is CC1=C2CCC[C@@]2(C)CC1=O. The molecule has 60 valence electrons. The zero-order valence-electron chi connectivity index (χ0n) is 7.24. The molecule has 0 aromatic carbocycles. The van der Waals surface area contributed by atoms with E-state index in [0.29, 0.717) is 5.78 Å². The van der Waals surface area contributed by atoms with Gasteiger partial charge in [-0.15, -0.1) is 0 Å². The summed E-state index contributed by atoms with van der Waals surface area (Å²) in [6.45, 7) is 4.23. The summed E-state index contributed by atoms with van der Waals surface area (Å²) in [6, 6.07) is 0. The summed E-state index contributed by atoms with van der Waals surface area (Å²) >= 11 is 0. The van der Waals surface area contributed by atoms with Gasteiger partial charge in [0, 0.05) is 6.42 Å². The van der Waals surface area contributed by atoms with E-state index in [9.17, 15) is 4.79 Å². The van der Waals surface area contributed by atoms with Crippen molar-refractivity contribution in [1.29, 1.82) is 0 Å². The van der Waals surface area contributed by atoms with Gasteiger partial charge in [0.15, 0.2) is 5.78 Å². The van der Waals surface area contributed by atoms with Crippen molar-refractivity contribution in [1.82, 2.24) is 0 Å². The Hall–Kier alpha value is -0.590. The molecule has 0 unspecified atom stereocenters. The van der Waals surface area contributed by atoms with Crippen LogP contribution in [0.15, 0.2) is 11.1 Å². The molecule has 0 heterocycles. The predicted octanol–water partition coefficient (Wildman–Crippen LogP) is 2.47. The molecule has 2 aliphatic carbocycles. The van der Waals surface area contributed by atoms with Gasteiger partial charge in [-0.3, -0.25) is 4.79 Å². The molecule has 11 heavy (non-hydrogen) atoms. The van der Waals surface area contributed by atoms with E-state index < -0.39 is 0 Å². The van der Waals surface area contributed by atoms with Crippen LogP contribution in [0.1, 0.15) is 39.5 Å². The Kier molecular flexibility index (Phi) is 1.26. The first-order valence-electron chi connectivity index (χ1n) is 4.37. The average Bonchev–Trinajstić information content (AvgIpc) is 2.36. The molecule has 1 saturated carbocycles. The predicted molar refractivity (Wildman–Crippen MR) is 44.3 cm³/mol. The highest BCUT2D eigenvalue weighted by molar-refractivity contribution is 5.99. The lowest BCUT2D eigenvalue weighted by atomic mass is 9.85. The fraction of sp³-hybridized carbons (Fsp3) is 0.700. The van der Waals surface area contributed by atoms with Crippen LogP contribution in [0.5, 0.6) is 0 Å². The molecule has 1 atom stereocenters. The highest BCUT2D eigenvalue weighted by Crippen LogP contribution is 2.51. The minimum Gasteiger partial charge on any atom is -0.295 e. The highest BCUT2D eigenvalue weighted by atomic mass is 16.1. The Bertz CT molecular complexity index is 250. The number of hydrogen-bond acceptors (Lipinski definition) is 1. The molecular weight excluding hydrogens is 136 g/mol. The largest absolute Gasteiger partial charge is 0.295 e. The average molecular weight is 150 g/mol. The molecule has 0 N–H and O–H groups in total. The third-order valence-corrected chi connectivity index (χ3v) is 3.31. The molecule has 1 heteroatoms. The van der Waals surface area contributed by atoms with Crippen molar-refractivity contribution in [2.75, 3.05) is 0 Å². The minimum absolute atomic E-state index is 0.279. The van der Waals surface area contributed by atoms with E-state index in [1.54, 1.807) is 0 Å². The van der Waals surface area contributed by atoms with Crippen LogP contribution in [0.25, 0.3) is 0 Å². The second-order valence-electron chi connectivity index (χ2n) is 4.12. The summed E-state index contributed by atoms with van der Waals surface area (Å²) in [6.07, 6.45) is 4.48. The van der Waals surface area contributed by atoms with Gasteiger partial charge in [0.1, 0.15) is 0 Å². The Labute approximate surface area is 67.5 Å². The van der Waals surface area contributed by atoms with Crippen LogP contribution in [0.2, 0.25) is 0 Å². The van der Waals surface area contributed by atoms with E-state index in [2.05, 4.69) is 6.92 Å². The molecule has 2 aliphatic rings. The summed E-state index contributed by atoms with van der Waals surface area (Å²) in [5.41, 5.74) is 2.81. The van der Waals surface area contributed by atoms with Gasteiger partial charge in [0.2, 0.25) is 0 Å². The molecule has 0 aromatic rings. The highest BCUT2D eigenvalue weighted by Gasteiger charge is 2.42. The van der Waals surface area contributed by atoms with E-state index in [0.717, 1.165) is 12.0 Å². The van der Waals surface area contributed by atoms with Crippen molar-refractivity contribution >= 4 is 5.78 Å². The van der Waals surface area contributed by atoms with E-state index in [1.807, 2.05) is 6.92 Å². The Morgan fingerprint density at radius 1 is 1.45 bits per heavy atom. The van der Waals surface area contributed by atoms with Crippen molar-refractivity contribution in [3.05, 3.63) is 11.1 Å². The molecule has 0 bridgehead atoms. The molecule has 0 aliphatic heterocycles. The van der Waals surface area contributed by atoms with Crippen molar-refractivity contribution in [2.24, 2.45) is 5.41 Å². The first-order chi connectivity index (χ1) is 5.13. The number of fused-ring (bicyclic) bond motifs is 1. The maximum absolute atomic E-state index is 11.3. The normalized spacial score (nSPS) is 36.7. The first kappa shape index (κ1) is 7.08. The van der Waals surface area contributed by atoms with Crippen molar-refractivity contribution in [3.63, 3.8) is 0 Å². The maximum Gasteiger partial charge on any atom is 0.159 e. The molecule has 0 spiro atoms. The van der Waals surface area contributed by atoms with Gasteiger partial charge in [0.05, 0.1) is 0 Å². The number of allylic oxidation sites excluding steroid dienone is 2. The fourth-order valence-electron chi connectivity index (χ4n) is 2.60. The Morgan fingerprint density at radius 2 is 2.18 bits per heavy atom. The summed E-state index contributed by atoms with van der Waals surface area (Å²) in [4.78, 5) is 11.3. The number of hydrogen-bond donors (Lipinski definition) is 0. The summed E-state index contributed by atoms with van der Waals surface area (Å²) in [7, 11) is 0. The van der Waals surface area contributed by atoms with Gasteiger partial charge in [-0.2, -0.15) is 0 Å². The smallest absolute Gasteiger partial charge is 0.159 e. The summed E-state index contributed by atoms with van der Waals surface area (Å²) < 4.78 is 0. The Morgan fingerprint density at radius 3 is 2.82 bits per heavy atom. The van der Waals surface area contributed by atoms with Crippen LogP contribution in [-0.2, 0) is 4.79 Å². The molecule has 0 aromatic heterocycles. The van der Waals surface area contributed by atoms with Gasteiger partial charge >= 0.3 is 0 Å². The van der Waals surface area contributed by atoms with E-state index in [1.165, 1.54) is 24.8 Å². The molecule has 0 amide bonds. The molecule has 1 fully saturated rings. The zero-order chi connectivity index (χ0) is 8.06. The van der Waals surface area contributed by atoms with E-state index in [-0.39, 0.29) is 5.41 Å². The minimum atomic E-state index is 0.279. The molecule has 1 nitrogen and oxygen atoms in total. The van der Waals surface area contributed by atoms with E-state index >= 15 is 0 Å². The third-order valence-electron chi connectivity index (χ3n) is 3.31. The van der Waals surface area contributed by atoms with Crippen molar-refractivity contribution in [2.45, 2.75) is 39.5 Å². The van der Waals surface area contributed by atoms with Crippen LogP contribution in [0.4, 0.5) is 0 Å². The van der Waals surface area contributed by atoms with Crippen molar-refractivity contribution < 1.29 is 4.79 Å². The summed E-state index contributed by atoms with van der Waals surface area (Å²) in [5.74, 6) is 0.391. The van der Waals surface area contributed by atoms with E-state index in [4.69, 9.17) is 0 Å². The van der Waals surface area contributed by atoms with Crippen LogP contribution in [0.3, 0.4) is 0 Å². The quantitative estimate of drug-likeness (QED) is 0.518. The lowest BCUT2D eigenvalue weighted by molar-refractivity contribution is -0.115. The van der Waals surface area contributed by atoms with Gasteiger partial charge in [-0.05, 0) is 37.2 Å². The van der Waals surface area contributed by atoms with Crippen molar-refractivity contribution in [3.8, 4) is 0 Å². The number of ketones is 1. The molecule has 0 saturated heterocycles. The number of Topliss-reactive ketones (excluding diaryl/α,β-unsaturated/α-hetero) is 1. The maximum atomic E-state index is 11.3. The molecular formula is C10H14O. The monoisotopic (exact) mass is 150 g/mol. The fourth-order valence-corrected chi connectivity index (χ4v) is 2.60. The second kappa shape index (κ2) is 1.96. The number of rotatable bonds is 0. The molecule has 0 radical (unpaired) electrons. The number of carbonyl (C=O) groups is 1. The first-order valence-corrected chi connectivity index (χ1v) is 4.37. The second-order valence-corrected chi connectivity index (χ2v) is 4.12. The lowest BCUT2D eigenvalue weighted by Crippen LogP contribution is -2.10. The van der Waals surface area contributed by atoms with Gasteiger partial charge in [-0.25, -0.2) is 0 Å². The Balaban J connectivity index is 2.47. The van der Waals surface area contributed by atoms with Gasteiger partial charge in [-0.1, -0.05) is 12.5 Å². The van der Waals surface area contributed by atoms with Gasteiger partial charge < -0.3 is 0 Å². The van der Waals surface area contributed by atoms with Gasteiger partial charge in [0.25, 0.3) is 0 Å². The third kappa shape index (κ3) is 0.800. The lowest BCUT2D eigenvalue weighted by Gasteiger charge is -2.18. The summed E-state index contributed by atoms with van der Waals surface area (Å²) in [5, 5.41) is 0. The van der Waals surface area contributed by atoms with Crippen LogP contribution >= 0.6 is 0 Å². The van der Waals surface area contributed by atoms with Crippen LogP contribution < -0.4 is 0 Å². The number of carbonyl (C=O) groups excluding carboxylic acids is 1. The van der Waals surface area contributed by atoms with Crippen LogP contribution in [0, 0.1) is 5.41 Å². The molecule has 2 rings (SSSR count). The van der Waals surface area contributed by atoms with Crippen LogP contribution in [-0.4, -0.2) is 5.78 Å². The standard InChI is InChI=1S/C10H14O/c1-7-8-4-3-5-10(8,2)6-9(7)11/h3-6H2,1-2H3/t10-/m0/s1. The topological polar surface area (TPSA) is 17.1 Å². The zero-order valence-corrected chi connectivity index (χ0v) is 7.24.